The first kappa shape index (κ1) is 33.6. The Bertz CT molecular complexity index is 3880. The van der Waals surface area contributed by atoms with Gasteiger partial charge in [0.1, 0.15) is 11.2 Å². The number of rotatable bonds is 5. The Labute approximate surface area is 349 Å². The van der Waals surface area contributed by atoms with Crippen molar-refractivity contribution in [3.05, 3.63) is 200 Å². The van der Waals surface area contributed by atoms with E-state index in [1.165, 1.54) is 32.7 Å². The van der Waals surface area contributed by atoms with Gasteiger partial charge in [0, 0.05) is 49.1 Å². The van der Waals surface area contributed by atoms with Gasteiger partial charge in [-0.3, -0.25) is 4.57 Å². The largest absolute Gasteiger partial charge is 0.456 e. The molecular weight excluding hydrogens is 747 g/mol. The van der Waals surface area contributed by atoms with Crippen LogP contribution in [0.4, 0.5) is 0 Å². The fourth-order valence-corrected chi connectivity index (χ4v) is 9.45. The van der Waals surface area contributed by atoms with E-state index in [1.54, 1.807) is 0 Å². The zero-order valence-corrected chi connectivity index (χ0v) is 32.7. The Hall–Kier alpha value is -8.35. The van der Waals surface area contributed by atoms with Crippen LogP contribution in [0.2, 0.25) is 0 Å². The van der Waals surface area contributed by atoms with Crippen molar-refractivity contribution in [1.82, 2.24) is 24.1 Å². The lowest BCUT2D eigenvalue weighted by molar-refractivity contribution is 0.669. The quantitative estimate of drug-likeness (QED) is 0.175. The van der Waals surface area contributed by atoms with Gasteiger partial charge in [0.2, 0.25) is 5.95 Å². The highest BCUT2D eigenvalue weighted by Crippen LogP contribution is 2.45. The maximum Gasteiger partial charge on any atom is 0.238 e. The molecular formula is C55H33N5O. The van der Waals surface area contributed by atoms with E-state index in [4.69, 9.17) is 19.4 Å². The predicted octanol–water partition coefficient (Wildman–Crippen LogP) is 14.1. The molecule has 0 aliphatic carbocycles. The van der Waals surface area contributed by atoms with Gasteiger partial charge in [0.15, 0.2) is 11.6 Å². The predicted molar refractivity (Wildman–Crippen MR) is 250 cm³/mol. The lowest BCUT2D eigenvalue weighted by Crippen LogP contribution is -2.06. The van der Waals surface area contributed by atoms with Crippen LogP contribution in [0.5, 0.6) is 0 Å². The molecule has 0 N–H and O–H groups in total. The van der Waals surface area contributed by atoms with Gasteiger partial charge >= 0.3 is 0 Å². The van der Waals surface area contributed by atoms with Crippen LogP contribution in [-0.2, 0) is 0 Å². The maximum absolute atomic E-state index is 6.35. The Morgan fingerprint density at radius 1 is 0.328 bits per heavy atom. The number of para-hydroxylation sites is 2. The van der Waals surface area contributed by atoms with Gasteiger partial charge in [0.05, 0.1) is 22.1 Å². The van der Waals surface area contributed by atoms with E-state index in [9.17, 15) is 0 Å². The van der Waals surface area contributed by atoms with Gasteiger partial charge in [-0.2, -0.15) is 9.97 Å². The van der Waals surface area contributed by atoms with E-state index >= 15 is 0 Å². The van der Waals surface area contributed by atoms with Crippen molar-refractivity contribution < 1.29 is 4.42 Å². The van der Waals surface area contributed by atoms with E-state index in [2.05, 4.69) is 167 Å². The number of hydrogen-bond donors (Lipinski definition) is 0. The molecule has 0 saturated carbocycles. The summed E-state index contributed by atoms with van der Waals surface area (Å²) < 4.78 is 11.0. The first-order valence-corrected chi connectivity index (χ1v) is 20.5. The molecule has 61 heavy (non-hydrogen) atoms. The lowest BCUT2D eigenvalue weighted by Gasteiger charge is -2.12. The second kappa shape index (κ2) is 13.1. The van der Waals surface area contributed by atoms with Crippen molar-refractivity contribution in [2.24, 2.45) is 0 Å². The van der Waals surface area contributed by atoms with Crippen molar-refractivity contribution in [3.8, 4) is 45.5 Å². The molecule has 4 aromatic heterocycles. The molecule has 0 aliphatic heterocycles. The van der Waals surface area contributed by atoms with E-state index < -0.39 is 0 Å². The van der Waals surface area contributed by atoms with Gasteiger partial charge in [-0.15, -0.1) is 0 Å². The van der Waals surface area contributed by atoms with Crippen LogP contribution in [0.1, 0.15) is 0 Å². The molecule has 0 saturated heterocycles. The van der Waals surface area contributed by atoms with Gasteiger partial charge in [-0.1, -0.05) is 146 Å². The highest BCUT2D eigenvalue weighted by molar-refractivity contribution is 6.33. The summed E-state index contributed by atoms with van der Waals surface area (Å²) in [4.78, 5) is 15.8. The summed E-state index contributed by atoms with van der Waals surface area (Å²) >= 11 is 0. The Balaban J connectivity index is 1.12. The van der Waals surface area contributed by atoms with Crippen molar-refractivity contribution in [3.63, 3.8) is 0 Å². The number of furan rings is 1. The van der Waals surface area contributed by atoms with Crippen LogP contribution in [0.3, 0.4) is 0 Å². The highest BCUT2D eigenvalue weighted by atomic mass is 16.3. The molecule has 0 spiro atoms. The second-order valence-corrected chi connectivity index (χ2v) is 15.6. The maximum atomic E-state index is 6.35. The van der Waals surface area contributed by atoms with E-state index in [0.29, 0.717) is 17.6 Å². The summed E-state index contributed by atoms with van der Waals surface area (Å²) in [7, 11) is 0. The second-order valence-electron chi connectivity index (χ2n) is 15.6. The van der Waals surface area contributed by atoms with Crippen molar-refractivity contribution in [1.29, 1.82) is 0 Å². The molecule has 6 heteroatoms. The molecule has 13 rings (SSSR count). The number of aromatic nitrogens is 5. The van der Waals surface area contributed by atoms with Gasteiger partial charge in [-0.05, 0) is 76.5 Å². The highest BCUT2D eigenvalue weighted by Gasteiger charge is 2.24. The molecule has 13 aromatic rings. The van der Waals surface area contributed by atoms with Crippen LogP contribution in [0.15, 0.2) is 205 Å². The zero-order chi connectivity index (χ0) is 40.0. The molecule has 9 aromatic carbocycles. The topological polar surface area (TPSA) is 61.7 Å². The standard InChI is InChI=1S/C55H33N5O/c1-3-14-34(15-4-1)37-19-13-20-39(32-37)59-44-24-11-9-23-43(44)51-45(59)30-31-47-52(51)50-40-21-8-7-16-35(40)27-29-46(50)60(47)55-57-53(36-17-5-2-6-18-36)56-54(58-55)38-26-28-42-41-22-10-12-25-48(41)61-49(42)33-38/h1-33H. The normalized spacial score (nSPS) is 11.9. The zero-order valence-electron chi connectivity index (χ0n) is 32.7. The molecule has 0 atom stereocenters. The SMILES string of the molecule is c1ccc(-c2cccc(-n3c4ccccc4c4c5c6c7ccccc7ccc6n(-c6nc(-c7ccccc7)nc(-c7ccc8c(c7)oc7ccccc78)n6)c5ccc43)c2)cc1. The van der Waals surface area contributed by atoms with Crippen LogP contribution >= 0.6 is 0 Å². The van der Waals surface area contributed by atoms with Gasteiger partial charge in [0.25, 0.3) is 0 Å². The minimum Gasteiger partial charge on any atom is -0.456 e. The van der Waals surface area contributed by atoms with Crippen LogP contribution in [0, 0.1) is 0 Å². The minimum absolute atomic E-state index is 0.544. The molecule has 0 bridgehead atoms. The van der Waals surface area contributed by atoms with E-state index in [0.717, 1.165) is 71.6 Å². The van der Waals surface area contributed by atoms with Crippen molar-refractivity contribution in [2.75, 3.05) is 0 Å². The summed E-state index contributed by atoms with van der Waals surface area (Å²) in [5, 5.41) is 9.17. The van der Waals surface area contributed by atoms with Gasteiger partial charge < -0.3 is 8.98 Å². The molecule has 4 heterocycles. The van der Waals surface area contributed by atoms with Crippen LogP contribution in [-0.4, -0.2) is 24.1 Å². The first-order valence-electron chi connectivity index (χ1n) is 20.5. The fourth-order valence-electron chi connectivity index (χ4n) is 9.45. The number of nitrogens with zero attached hydrogens (tertiary/aromatic N) is 5. The van der Waals surface area contributed by atoms with Crippen LogP contribution in [0.25, 0.3) is 122 Å². The molecule has 6 nitrogen and oxygen atoms in total. The average Bonchev–Trinajstić information content (AvgIpc) is 3.99. The minimum atomic E-state index is 0.544. The summed E-state index contributed by atoms with van der Waals surface area (Å²) in [6.07, 6.45) is 0. The summed E-state index contributed by atoms with van der Waals surface area (Å²) in [6, 6.07) is 70.4. The smallest absolute Gasteiger partial charge is 0.238 e. The Morgan fingerprint density at radius 2 is 0.934 bits per heavy atom. The van der Waals surface area contributed by atoms with Gasteiger partial charge in [-0.25, -0.2) is 4.98 Å². The number of fused-ring (bicyclic) bond motifs is 12. The summed E-state index contributed by atoms with van der Waals surface area (Å²) in [5.41, 5.74) is 11.2. The van der Waals surface area contributed by atoms with E-state index in [1.807, 2.05) is 42.5 Å². The first-order chi connectivity index (χ1) is 30.2. The summed E-state index contributed by atoms with van der Waals surface area (Å²) in [5.74, 6) is 1.71. The van der Waals surface area contributed by atoms with Crippen molar-refractivity contribution >= 4 is 76.3 Å². The average molecular weight is 780 g/mol. The van der Waals surface area contributed by atoms with Crippen molar-refractivity contribution in [2.45, 2.75) is 0 Å². The summed E-state index contributed by atoms with van der Waals surface area (Å²) in [6.45, 7) is 0. The molecule has 0 amide bonds. The Kier molecular flexibility index (Phi) is 7.21. The molecule has 284 valence electrons. The van der Waals surface area contributed by atoms with E-state index in [-0.39, 0.29) is 0 Å². The molecule has 0 fully saturated rings. The Morgan fingerprint density at radius 3 is 1.77 bits per heavy atom. The third kappa shape index (κ3) is 5.12. The van der Waals surface area contributed by atoms with Crippen LogP contribution < -0.4 is 0 Å². The molecule has 0 aliphatic rings. The lowest BCUT2D eigenvalue weighted by atomic mass is 10.0. The monoisotopic (exact) mass is 779 g/mol. The third-order valence-electron chi connectivity index (χ3n) is 12.2. The molecule has 0 radical (unpaired) electrons. The number of hydrogen-bond acceptors (Lipinski definition) is 4. The number of benzene rings is 9. The molecule has 0 unspecified atom stereocenters. The fraction of sp³-hybridized carbons (Fsp3) is 0. The third-order valence-corrected chi connectivity index (χ3v) is 12.2.